The van der Waals surface area contributed by atoms with Gasteiger partial charge < -0.3 is 15.5 Å². The van der Waals surface area contributed by atoms with Gasteiger partial charge in [-0.05, 0) is 37.1 Å². The minimum atomic E-state index is -0.935. The summed E-state index contributed by atoms with van der Waals surface area (Å²) in [5, 5.41) is 35.1. The second-order valence-corrected chi connectivity index (χ2v) is 7.66. The Morgan fingerprint density at radius 2 is 2.08 bits per heavy atom. The molecule has 1 unspecified atom stereocenters. The van der Waals surface area contributed by atoms with E-state index in [0.717, 1.165) is 11.3 Å². The minimum Gasteiger partial charge on any atom is -0.504 e. The Morgan fingerprint density at radius 3 is 2.73 bits per heavy atom. The molecule has 1 aromatic carbocycles. The highest BCUT2D eigenvalue weighted by Crippen LogP contribution is 2.29. The zero-order valence-corrected chi connectivity index (χ0v) is 15.4. The molecule has 2 aromatic heterocycles. The fourth-order valence-electron chi connectivity index (χ4n) is 2.36. The lowest BCUT2D eigenvalue weighted by Crippen LogP contribution is -2.23. The Labute approximate surface area is 158 Å². The number of nitrogens with one attached hydrogen (secondary N) is 1. The molecule has 26 heavy (non-hydrogen) atoms. The van der Waals surface area contributed by atoms with Crippen molar-refractivity contribution in [2.45, 2.75) is 13.3 Å². The van der Waals surface area contributed by atoms with Gasteiger partial charge in [-0.3, -0.25) is 4.79 Å². The van der Waals surface area contributed by atoms with Gasteiger partial charge in [-0.2, -0.15) is 5.26 Å². The first kappa shape index (κ1) is 17.9. The summed E-state index contributed by atoms with van der Waals surface area (Å²) in [5.41, 5.74) is 2.36. The topological polar surface area (TPSA) is 106 Å². The standard InChI is InChI=1S/C18H15N3O3S2/c1-10-4-13(8-25-10)14-9-26-18(20-14)21-17(24)12(7-19)5-11-2-3-15(22)16(23)6-11/h2-4,6,8-9,12,22-23H,5H2,1H3,(H,20,21,24). The molecule has 0 aliphatic heterocycles. The third kappa shape index (κ3) is 4.02. The van der Waals surface area contributed by atoms with Crippen molar-refractivity contribution in [3.63, 3.8) is 0 Å². The number of hydrogen-bond acceptors (Lipinski definition) is 7. The predicted octanol–water partition coefficient (Wildman–Crippen LogP) is 3.91. The normalized spacial score (nSPS) is 11.7. The number of nitrogens with zero attached hydrogens (tertiary/aromatic N) is 2. The van der Waals surface area contributed by atoms with E-state index in [9.17, 15) is 20.3 Å². The second kappa shape index (κ2) is 7.56. The zero-order chi connectivity index (χ0) is 18.7. The number of phenols is 2. The molecule has 3 N–H and O–H groups in total. The molecular formula is C18H15N3O3S2. The van der Waals surface area contributed by atoms with E-state index in [1.165, 1.54) is 28.3 Å². The van der Waals surface area contributed by atoms with Gasteiger partial charge in [0.1, 0.15) is 5.92 Å². The number of aryl methyl sites for hydroxylation is 1. The van der Waals surface area contributed by atoms with Crippen LogP contribution in [0.1, 0.15) is 10.4 Å². The first-order chi connectivity index (χ1) is 12.5. The van der Waals surface area contributed by atoms with Gasteiger partial charge in [0.05, 0.1) is 11.8 Å². The third-order valence-electron chi connectivity index (χ3n) is 3.71. The number of rotatable bonds is 5. The molecule has 0 fully saturated rings. The summed E-state index contributed by atoms with van der Waals surface area (Å²) < 4.78 is 0. The van der Waals surface area contributed by atoms with Crippen LogP contribution in [0.5, 0.6) is 11.5 Å². The van der Waals surface area contributed by atoms with Crippen LogP contribution in [0.15, 0.2) is 35.0 Å². The fraction of sp³-hybridized carbons (Fsp3) is 0.167. The number of thiazole rings is 1. The van der Waals surface area contributed by atoms with Crippen LogP contribution in [-0.4, -0.2) is 21.1 Å². The summed E-state index contributed by atoms with van der Waals surface area (Å²) in [6.07, 6.45) is 0.123. The van der Waals surface area contributed by atoms with Gasteiger partial charge in [0, 0.05) is 21.2 Å². The van der Waals surface area contributed by atoms with Crippen LogP contribution in [0.2, 0.25) is 0 Å². The maximum Gasteiger partial charge on any atom is 0.243 e. The van der Waals surface area contributed by atoms with Crippen molar-refractivity contribution in [2.75, 3.05) is 5.32 Å². The second-order valence-electron chi connectivity index (χ2n) is 5.68. The number of nitriles is 1. The highest BCUT2D eigenvalue weighted by Gasteiger charge is 2.20. The molecule has 8 heteroatoms. The molecule has 0 bridgehead atoms. The lowest BCUT2D eigenvalue weighted by molar-refractivity contribution is -0.118. The summed E-state index contributed by atoms with van der Waals surface area (Å²) >= 11 is 2.93. The SMILES string of the molecule is Cc1cc(-c2csc(NC(=O)C(C#N)Cc3ccc(O)c(O)c3)n2)cs1. The lowest BCUT2D eigenvalue weighted by atomic mass is 9.99. The van der Waals surface area contributed by atoms with E-state index in [-0.39, 0.29) is 17.9 Å². The number of aromatic hydroxyl groups is 2. The van der Waals surface area contributed by atoms with Crippen LogP contribution in [0.25, 0.3) is 11.3 Å². The number of carbonyl (C=O) groups excluding carboxylic acids is 1. The fourth-order valence-corrected chi connectivity index (χ4v) is 3.78. The molecule has 0 radical (unpaired) electrons. The largest absolute Gasteiger partial charge is 0.504 e. The highest BCUT2D eigenvalue weighted by atomic mass is 32.1. The number of benzene rings is 1. The quantitative estimate of drug-likeness (QED) is 0.577. The summed E-state index contributed by atoms with van der Waals surface area (Å²) in [4.78, 5) is 17.9. The Kier molecular flexibility index (Phi) is 5.21. The van der Waals surface area contributed by atoms with Gasteiger partial charge in [-0.1, -0.05) is 6.07 Å². The molecule has 132 valence electrons. The summed E-state index contributed by atoms with van der Waals surface area (Å²) in [7, 11) is 0. The van der Waals surface area contributed by atoms with E-state index in [2.05, 4.69) is 10.3 Å². The maximum absolute atomic E-state index is 12.4. The van der Waals surface area contributed by atoms with Gasteiger partial charge >= 0.3 is 0 Å². The van der Waals surface area contributed by atoms with E-state index in [4.69, 9.17) is 0 Å². The van der Waals surface area contributed by atoms with Crippen LogP contribution < -0.4 is 5.32 Å². The third-order valence-corrected chi connectivity index (χ3v) is 5.33. The van der Waals surface area contributed by atoms with Gasteiger partial charge in [-0.15, -0.1) is 22.7 Å². The number of amides is 1. The van der Waals surface area contributed by atoms with Crippen LogP contribution in [0, 0.1) is 24.2 Å². The van der Waals surface area contributed by atoms with Gasteiger partial charge in [0.25, 0.3) is 0 Å². The molecule has 3 aromatic rings. The van der Waals surface area contributed by atoms with Crippen LogP contribution >= 0.6 is 22.7 Å². The number of thiophene rings is 1. The zero-order valence-electron chi connectivity index (χ0n) is 13.8. The molecule has 0 aliphatic rings. The Balaban J connectivity index is 1.68. The number of phenolic OH excluding ortho intramolecular Hbond substituents is 2. The van der Waals surface area contributed by atoms with Crippen molar-refractivity contribution in [3.05, 3.63) is 45.5 Å². The smallest absolute Gasteiger partial charge is 0.243 e. The van der Waals surface area contributed by atoms with Gasteiger partial charge in [0.2, 0.25) is 5.91 Å². The molecule has 0 saturated carbocycles. The molecular weight excluding hydrogens is 370 g/mol. The first-order valence-corrected chi connectivity index (χ1v) is 9.44. The van der Waals surface area contributed by atoms with E-state index in [0.29, 0.717) is 10.7 Å². The Hall–Kier alpha value is -2.89. The number of hydrogen-bond donors (Lipinski definition) is 3. The van der Waals surface area contributed by atoms with Crippen LogP contribution in [0.4, 0.5) is 5.13 Å². The van der Waals surface area contributed by atoms with E-state index in [1.54, 1.807) is 17.4 Å². The first-order valence-electron chi connectivity index (χ1n) is 7.68. The van der Waals surface area contributed by atoms with Gasteiger partial charge in [-0.25, -0.2) is 4.98 Å². The lowest BCUT2D eigenvalue weighted by Gasteiger charge is -2.09. The van der Waals surface area contributed by atoms with Crippen molar-refractivity contribution in [1.29, 1.82) is 5.26 Å². The summed E-state index contributed by atoms with van der Waals surface area (Å²) in [6, 6.07) is 8.23. The summed E-state index contributed by atoms with van der Waals surface area (Å²) in [6.45, 7) is 2.02. The number of aromatic nitrogens is 1. The molecule has 2 heterocycles. The van der Waals surface area contributed by atoms with E-state index < -0.39 is 11.8 Å². The van der Waals surface area contributed by atoms with Gasteiger partial charge in [0.15, 0.2) is 16.6 Å². The van der Waals surface area contributed by atoms with E-state index in [1.807, 2.05) is 29.8 Å². The van der Waals surface area contributed by atoms with Crippen molar-refractivity contribution in [3.8, 4) is 28.8 Å². The molecule has 1 amide bonds. The Bertz CT molecular complexity index is 988. The molecule has 3 rings (SSSR count). The molecule has 6 nitrogen and oxygen atoms in total. The van der Waals surface area contributed by atoms with Crippen molar-refractivity contribution in [1.82, 2.24) is 4.98 Å². The monoisotopic (exact) mass is 385 g/mol. The Morgan fingerprint density at radius 1 is 1.27 bits per heavy atom. The van der Waals surface area contributed by atoms with Crippen molar-refractivity contribution < 1.29 is 15.0 Å². The average Bonchev–Trinajstić information content (AvgIpc) is 3.24. The van der Waals surface area contributed by atoms with Crippen molar-refractivity contribution in [2.24, 2.45) is 5.92 Å². The van der Waals surface area contributed by atoms with E-state index >= 15 is 0 Å². The average molecular weight is 385 g/mol. The molecule has 1 atom stereocenters. The minimum absolute atomic E-state index is 0.123. The molecule has 0 aliphatic carbocycles. The van der Waals surface area contributed by atoms with Crippen molar-refractivity contribution >= 4 is 33.7 Å². The predicted molar refractivity (Wildman–Crippen MR) is 101 cm³/mol. The molecule has 0 spiro atoms. The maximum atomic E-state index is 12.4. The number of carbonyl (C=O) groups is 1. The summed E-state index contributed by atoms with van der Waals surface area (Å²) in [5.74, 6) is -1.92. The number of anilines is 1. The highest BCUT2D eigenvalue weighted by molar-refractivity contribution is 7.14. The van der Waals surface area contributed by atoms with Crippen LogP contribution in [0.3, 0.4) is 0 Å². The molecule has 0 saturated heterocycles. The van der Waals surface area contributed by atoms with Crippen LogP contribution in [-0.2, 0) is 11.2 Å².